The topological polar surface area (TPSA) is 58.6 Å². The van der Waals surface area contributed by atoms with Crippen LogP contribution < -0.4 is 5.32 Å². The summed E-state index contributed by atoms with van der Waals surface area (Å²) in [5, 5.41) is 11.1. The van der Waals surface area contributed by atoms with Crippen molar-refractivity contribution in [2.75, 3.05) is 13.7 Å². The van der Waals surface area contributed by atoms with Gasteiger partial charge in [-0.05, 0) is 13.8 Å². The average Bonchev–Trinajstić information content (AvgIpc) is 2.02. The summed E-state index contributed by atoms with van der Waals surface area (Å²) in [7, 11) is 1.47. The van der Waals surface area contributed by atoms with Crippen molar-refractivity contribution in [2.24, 2.45) is 0 Å². The first-order valence-electron chi connectivity index (χ1n) is 3.55. The van der Waals surface area contributed by atoms with E-state index in [1.165, 1.54) is 7.11 Å². The van der Waals surface area contributed by atoms with E-state index in [0.717, 1.165) is 0 Å². The van der Waals surface area contributed by atoms with Gasteiger partial charge in [-0.2, -0.15) is 0 Å². The van der Waals surface area contributed by atoms with Crippen LogP contribution in [0.4, 0.5) is 0 Å². The maximum Gasteiger partial charge on any atom is 0.249 e. The lowest BCUT2D eigenvalue weighted by atomic mass is 10.3. The van der Waals surface area contributed by atoms with E-state index in [4.69, 9.17) is 9.84 Å². The van der Waals surface area contributed by atoms with E-state index < -0.39 is 6.10 Å². The number of hydrogen-bond donors (Lipinski definition) is 2. The van der Waals surface area contributed by atoms with Crippen molar-refractivity contribution in [3.8, 4) is 0 Å². The van der Waals surface area contributed by atoms with Crippen molar-refractivity contribution in [1.29, 1.82) is 0 Å². The van der Waals surface area contributed by atoms with Gasteiger partial charge in [0.1, 0.15) is 6.10 Å². The second kappa shape index (κ2) is 5.09. The van der Waals surface area contributed by atoms with Gasteiger partial charge in [0.05, 0.1) is 6.61 Å². The Labute approximate surface area is 66.5 Å². The Morgan fingerprint density at radius 1 is 1.64 bits per heavy atom. The highest BCUT2D eigenvalue weighted by Gasteiger charge is 2.12. The quantitative estimate of drug-likeness (QED) is 0.585. The summed E-state index contributed by atoms with van der Waals surface area (Å²) in [6.45, 7) is 3.32. The third-order valence-corrected chi connectivity index (χ3v) is 1.39. The highest BCUT2D eigenvalue weighted by molar-refractivity contribution is 5.80. The highest BCUT2D eigenvalue weighted by atomic mass is 16.5. The molecule has 4 heteroatoms. The second-order valence-corrected chi connectivity index (χ2v) is 2.47. The van der Waals surface area contributed by atoms with Crippen molar-refractivity contribution >= 4 is 5.91 Å². The number of hydrogen-bond acceptors (Lipinski definition) is 3. The minimum atomic E-state index is -0.455. The van der Waals surface area contributed by atoms with Crippen molar-refractivity contribution < 1.29 is 14.6 Å². The number of rotatable bonds is 4. The van der Waals surface area contributed by atoms with Crippen LogP contribution >= 0.6 is 0 Å². The molecule has 0 aromatic carbocycles. The molecule has 1 amide bonds. The molecule has 4 nitrogen and oxygen atoms in total. The summed E-state index contributed by atoms with van der Waals surface area (Å²) in [4.78, 5) is 11.0. The van der Waals surface area contributed by atoms with Gasteiger partial charge < -0.3 is 15.2 Å². The number of amides is 1. The first-order valence-corrected chi connectivity index (χ1v) is 3.55. The lowest BCUT2D eigenvalue weighted by molar-refractivity contribution is -0.130. The maximum absolute atomic E-state index is 11.0. The van der Waals surface area contributed by atoms with Crippen LogP contribution in [0.2, 0.25) is 0 Å². The SMILES string of the molecule is COC(C)C(=O)N[C@H](C)CO. The molecule has 2 N–H and O–H groups in total. The molecule has 0 fully saturated rings. The van der Waals surface area contributed by atoms with Crippen molar-refractivity contribution in [2.45, 2.75) is 26.0 Å². The molecule has 0 saturated heterocycles. The van der Waals surface area contributed by atoms with E-state index in [2.05, 4.69) is 5.32 Å². The molecule has 0 bridgehead atoms. The molecule has 0 spiro atoms. The number of ether oxygens (including phenoxy) is 1. The standard InChI is InChI=1S/C7H15NO3/c1-5(4-9)8-7(10)6(2)11-3/h5-6,9H,4H2,1-3H3,(H,8,10)/t5-,6?/m1/s1. The zero-order chi connectivity index (χ0) is 8.85. The number of carbonyl (C=O) groups is 1. The molecule has 1 unspecified atom stereocenters. The van der Waals surface area contributed by atoms with Crippen LogP contribution in [0, 0.1) is 0 Å². The third-order valence-electron chi connectivity index (χ3n) is 1.39. The molecule has 0 aromatic heterocycles. The van der Waals surface area contributed by atoms with E-state index in [1.54, 1.807) is 13.8 Å². The Morgan fingerprint density at radius 3 is 2.55 bits per heavy atom. The zero-order valence-corrected chi connectivity index (χ0v) is 7.13. The van der Waals surface area contributed by atoms with Crippen LogP contribution in [0.5, 0.6) is 0 Å². The minimum Gasteiger partial charge on any atom is -0.394 e. The van der Waals surface area contributed by atoms with Crippen LogP contribution in [-0.2, 0) is 9.53 Å². The molecule has 0 rings (SSSR count). The fourth-order valence-corrected chi connectivity index (χ4v) is 0.513. The summed E-state index contributed by atoms with van der Waals surface area (Å²) in [6, 6.07) is -0.208. The van der Waals surface area contributed by atoms with Crippen molar-refractivity contribution in [1.82, 2.24) is 5.32 Å². The van der Waals surface area contributed by atoms with Gasteiger partial charge in [-0.15, -0.1) is 0 Å². The molecule has 66 valence electrons. The lowest BCUT2D eigenvalue weighted by Gasteiger charge is -2.14. The third kappa shape index (κ3) is 3.95. The predicted octanol–water partition coefficient (Wildman–Crippen LogP) is -0.482. The van der Waals surface area contributed by atoms with Crippen LogP contribution in [0.25, 0.3) is 0 Å². The molecule has 0 aliphatic carbocycles. The fourth-order valence-electron chi connectivity index (χ4n) is 0.513. The Morgan fingerprint density at radius 2 is 2.18 bits per heavy atom. The molecule has 0 radical (unpaired) electrons. The molecule has 0 aliphatic rings. The number of aliphatic hydroxyl groups excluding tert-OH is 1. The number of methoxy groups -OCH3 is 1. The summed E-state index contributed by atoms with van der Waals surface area (Å²) in [5.74, 6) is -0.200. The fraction of sp³-hybridized carbons (Fsp3) is 0.857. The van der Waals surface area contributed by atoms with Crippen molar-refractivity contribution in [3.05, 3.63) is 0 Å². The summed E-state index contributed by atoms with van der Waals surface area (Å²) >= 11 is 0. The highest BCUT2D eigenvalue weighted by Crippen LogP contribution is 1.88. The van der Waals surface area contributed by atoms with Crippen molar-refractivity contribution in [3.63, 3.8) is 0 Å². The summed E-state index contributed by atoms with van der Waals surface area (Å²) in [6.07, 6.45) is -0.455. The minimum absolute atomic E-state index is 0.0534. The van der Waals surface area contributed by atoms with Crippen LogP contribution in [-0.4, -0.2) is 36.9 Å². The van der Waals surface area contributed by atoms with E-state index >= 15 is 0 Å². The first-order chi connectivity index (χ1) is 5.11. The van der Waals surface area contributed by atoms with Gasteiger partial charge in [-0.3, -0.25) is 4.79 Å². The van der Waals surface area contributed by atoms with Gasteiger partial charge in [0, 0.05) is 13.2 Å². The number of aliphatic hydroxyl groups is 1. The van der Waals surface area contributed by atoms with Crippen LogP contribution in [0.3, 0.4) is 0 Å². The van der Waals surface area contributed by atoms with Gasteiger partial charge in [0.2, 0.25) is 5.91 Å². The van der Waals surface area contributed by atoms with E-state index in [1.807, 2.05) is 0 Å². The molecule has 0 aliphatic heterocycles. The first kappa shape index (κ1) is 10.4. The second-order valence-electron chi connectivity index (χ2n) is 2.47. The Kier molecular flexibility index (Phi) is 4.81. The van der Waals surface area contributed by atoms with Gasteiger partial charge in [0.15, 0.2) is 0 Å². The smallest absolute Gasteiger partial charge is 0.249 e. The lowest BCUT2D eigenvalue weighted by Crippen LogP contribution is -2.41. The van der Waals surface area contributed by atoms with Gasteiger partial charge >= 0.3 is 0 Å². The van der Waals surface area contributed by atoms with Gasteiger partial charge in [-0.1, -0.05) is 0 Å². The Balaban J connectivity index is 3.68. The number of carbonyl (C=O) groups excluding carboxylic acids is 1. The monoisotopic (exact) mass is 161 g/mol. The molecule has 0 aromatic rings. The summed E-state index contributed by atoms with van der Waals surface area (Å²) in [5.41, 5.74) is 0. The molecular weight excluding hydrogens is 146 g/mol. The Bertz CT molecular complexity index is 127. The maximum atomic E-state index is 11.0. The predicted molar refractivity (Wildman–Crippen MR) is 41.2 cm³/mol. The Hall–Kier alpha value is -0.610. The van der Waals surface area contributed by atoms with E-state index in [0.29, 0.717) is 0 Å². The van der Waals surface area contributed by atoms with Crippen LogP contribution in [0.15, 0.2) is 0 Å². The zero-order valence-electron chi connectivity index (χ0n) is 7.13. The molecule has 0 saturated carbocycles. The number of nitrogens with one attached hydrogen (secondary N) is 1. The summed E-state index contributed by atoms with van der Waals surface area (Å²) < 4.78 is 4.76. The van der Waals surface area contributed by atoms with E-state index in [9.17, 15) is 4.79 Å². The molecular formula is C7H15NO3. The molecule has 2 atom stereocenters. The normalized spacial score (nSPS) is 15.6. The van der Waals surface area contributed by atoms with Gasteiger partial charge in [0.25, 0.3) is 0 Å². The molecule has 11 heavy (non-hydrogen) atoms. The average molecular weight is 161 g/mol. The van der Waals surface area contributed by atoms with Crippen LogP contribution in [0.1, 0.15) is 13.8 Å². The largest absolute Gasteiger partial charge is 0.394 e. The van der Waals surface area contributed by atoms with Gasteiger partial charge in [-0.25, -0.2) is 0 Å². The van der Waals surface area contributed by atoms with E-state index in [-0.39, 0.29) is 18.6 Å². The molecule has 0 heterocycles.